The van der Waals surface area contributed by atoms with Gasteiger partial charge in [0.1, 0.15) is 40.9 Å². The number of ether oxygens (including phenoxy) is 3. The van der Waals surface area contributed by atoms with Crippen LogP contribution in [0.2, 0.25) is 0 Å². The van der Waals surface area contributed by atoms with Gasteiger partial charge in [0.15, 0.2) is 11.2 Å². The molecule has 0 bridgehead atoms. The molecule has 1 saturated heterocycles. The van der Waals surface area contributed by atoms with Crippen LogP contribution in [0.4, 0.5) is 15.6 Å². The molecule has 4 N–H and O–H groups in total. The molecule has 4 aromatic rings. The molecule has 0 spiro atoms. The zero-order chi connectivity index (χ0) is 46.8. The Morgan fingerprint density at radius 3 is 2.30 bits per heavy atom. The number of amides is 3. The van der Waals surface area contributed by atoms with Crippen molar-refractivity contribution in [3.63, 3.8) is 0 Å². The van der Waals surface area contributed by atoms with Crippen molar-refractivity contribution >= 4 is 62.7 Å². The third-order valence-electron chi connectivity index (χ3n) is 11.5. The number of nitrogens with zero attached hydrogens (tertiary/aromatic N) is 4. The van der Waals surface area contributed by atoms with Crippen LogP contribution in [0.15, 0.2) is 66.6 Å². The number of fused-ring (bicyclic) bond motifs is 1. The third kappa shape index (κ3) is 10.2. The van der Waals surface area contributed by atoms with Gasteiger partial charge < -0.3 is 45.1 Å². The zero-order valence-electron chi connectivity index (χ0n) is 38.1. The number of carbonyl (C=O) groups is 5. The van der Waals surface area contributed by atoms with Crippen LogP contribution < -0.4 is 30.3 Å². The fourth-order valence-electron chi connectivity index (χ4n) is 7.77. The maximum atomic E-state index is 14.9. The lowest BCUT2D eigenvalue weighted by Crippen LogP contribution is -2.59. The third-order valence-corrected chi connectivity index (χ3v) is 12.2. The predicted molar refractivity (Wildman–Crippen MR) is 246 cm³/mol. The van der Waals surface area contributed by atoms with Crippen LogP contribution in [-0.4, -0.2) is 113 Å². The summed E-state index contributed by atoms with van der Waals surface area (Å²) in [5, 5.41) is 22.2. The number of methoxy groups -OCH3 is 1. The van der Waals surface area contributed by atoms with E-state index in [0.29, 0.717) is 39.4 Å². The number of benzene rings is 2. The van der Waals surface area contributed by atoms with Crippen LogP contribution >= 0.6 is 11.3 Å². The molecule has 2 aromatic heterocycles. The number of carboxylic acids is 1. The highest BCUT2D eigenvalue weighted by atomic mass is 32.1. The van der Waals surface area contributed by atoms with Crippen LogP contribution in [0.1, 0.15) is 71.7 Å². The van der Waals surface area contributed by atoms with Crippen molar-refractivity contribution in [3.05, 3.63) is 72.1 Å². The fourth-order valence-corrected chi connectivity index (χ4v) is 8.62. The molecule has 17 heteroatoms. The number of aliphatic carboxylic acids is 1. The van der Waals surface area contributed by atoms with Gasteiger partial charge in [-0.3, -0.25) is 14.4 Å². The molecule has 1 aliphatic heterocycles. The Kier molecular flexibility index (Phi) is 13.9. The van der Waals surface area contributed by atoms with Gasteiger partial charge in [-0.05, 0) is 68.0 Å². The number of likely N-dealkylation sites (tertiary alicyclic amines) is 1. The number of aromatic nitrogens is 2. The van der Waals surface area contributed by atoms with Gasteiger partial charge in [-0.15, -0.1) is 17.9 Å². The van der Waals surface area contributed by atoms with Crippen molar-refractivity contribution in [1.82, 2.24) is 25.5 Å². The molecule has 0 radical (unpaired) electrons. The lowest BCUT2D eigenvalue weighted by molar-refractivity contribution is -0.146. The molecular formula is C47H59N7O9S. The highest BCUT2D eigenvalue weighted by Crippen LogP contribution is 2.45. The minimum absolute atomic E-state index is 0.0155. The second kappa shape index (κ2) is 18.9. The summed E-state index contributed by atoms with van der Waals surface area (Å²) in [6.07, 6.45) is -1.32. The summed E-state index contributed by atoms with van der Waals surface area (Å²) in [4.78, 5) is 82.0. The minimum Gasteiger partial charge on any atom is -0.497 e. The molecule has 2 aliphatic rings. The summed E-state index contributed by atoms with van der Waals surface area (Å²) in [5.74, 6) is -2.86. The van der Waals surface area contributed by atoms with Crippen LogP contribution in [0.5, 0.6) is 11.5 Å². The summed E-state index contributed by atoms with van der Waals surface area (Å²) >= 11 is 1.44. The Morgan fingerprint density at radius 2 is 1.72 bits per heavy atom. The number of alkyl carbamates (subject to hydrolysis) is 1. The predicted octanol–water partition coefficient (Wildman–Crippen LogP) is 6.80. The molecule has 1 aliphatic carbocycles. The Balaban J connectivity index is 1.31. The quantitative estimate of drug-likeness (QED) is 0.0638. The molecule has 2 aromatic carbocycles. The van der Waals surface area contributed by atoms with Crippen molar-refractivity contribution in [2.24, 2.45) is 17.3 Å². The fraction of sp³-hybridized carbons (Fsp3) is 0.468. The van der Waals surface area contributed by atoms with Crippen molar-refractivity contribution in [3.8, 4) is 22.9 Å². The lowest BCUT2D eigenvalue weighted by atomic mass is 9.85. The van der Waals surface area contributed by atoms with E-state index in [1.807, 2.05) is 44.3 Å². The average Bonchev–Trinajstić information content (AvgIpc) is 3.51. The van der Waals surface area contributed by atoms with Gasteiger partial charge in [0, 0.05) is 66.6 Å². The number of carboxylic acid groups (broad SMARTS) is 1. The molecule has 3 heterocycles. The normalized spacial score (nSPS) is 20.3. The first-order valence-electron chi connectivity index (χ1n) is 21.3. The van der Waals surface area contributed by atoms with Crippen LogP contribution in [0.3, 0.4) is 0 Å². The van der Waals surface area contributed by atoms with Gasteiger partial charge >= 0.3 is 12.1 Å². The highest BCUT2D eigenvalue weighted by molar-refractivity contribution is 7.14. The van der Waals surface area contributed by atoms with E-state index in [1.165, 1.54) is 22.3 Å². The number of pyridine rings is 1. The van der Waals surface area contributed by atoms with Crippen molar-refractivity contribution in [2.45, 2.75) is 97.2 Å². The molecule has 3 amide bonds. The average molecular weight is 898 g/mol. The van der Waals surface area contributed by atoms with E-state index in [1.54, 1.807) is 84.2 Å². The number of hydrogen-bond donors (Lipinski definition) is 4. The van der Waals surface area contributed by atoms with Gasteiger partial charge in [-0.1, -0.05) is 40.7 Å². The van der Waals surface area contributed by atoms with Gasteiger partial charge in [0.2, 0.25) is 17.6 Å². The molecule has 6 atom stereocenters. The number of Topliss-reactive ketones (excluding diaryl/α,β-unsaturated/α-hetero) is 1. The number of hydrogen-bond acceptors (Lipinski definition) is 13. The number of rotatable bonds is 17. The van der Waals surface area contributed by atoms with E-state index >= 15 is 0 Å². The van der Waals surface area contributed by atoms with Gasteiger partial charge in [0.05, 0.1) is 24.9 Å². The van der Waals surface area contributed by atoms with Gasteiger partial charge in [0.25, 0.3) is 0 Å². The van der Waals surface area contributed by atoms with E-state index in [4.69, 9.17) is 24.2 Å². The Bertz CT molecular complexity index is 2410. The summed E-state index contributed by atoms with van der Waals surface area (Å²) in [6, 6.07) is 11.8. The van der Waals surface area contributed by atoms with E-state index in [-0.39, 0.29) is 25.4 Å². The van der Waals surface area contributed by atoms with E-state index < -0.39 is 76.7 Å². The molecule has 1 unspecified atom stereocenters. The summed E-state index contributed by atoms with van der Waals surface area (Å²) in [5.41, 5.74) is 0.435. The molecule has 1 saturated carbocycles. The van der Waals surface area contributed by atoms with Crippen molar-refractivity contribution < 1.29 is 43.3 Å². The molecule has 6 rings (SSSR count). The largest absolute Gasteiger partial charge is 0.497 e. The minimum atomic E-state index is -1.57. The second-order valence-electron chi connectivity index (χ2n) is 18.3. The summed E-state index contributed by atoms with van der Waals surface area (Å²) in [6.45, 7) is 16.5. The Labute approximate surface area is 377 Å². The van der Waals surface area contributed by atoms with Gasteiger partial charge in [-0.25, -0.2) is 19.6 Å². The number of anilines is 2. The monoisotopic (exact) mass is 897 g/mol. The SMILES string of the molecule is C=CC1C[C@]1(NC(=O)[C@@H]1C[C@@H](Oc2cc(-c3csc(NC(C)C)n3)nc3cc(OC)ccc23)CN1C(=O)[C@@H](NC(=O)O[C@H](C(=O)c1ccc(N(C)C)cc1)C(C)C)C(C)(C)C)C(=O)O. The van der Waals surface area contributed by atoms with E-state index in [9.17, 15) is 29.1 Å². The number of nitrogens with one attached hydrogen (secondary N) is 3. The molecular weight excluding hydrogens is 839 g/mol. The highest BCUT2D eigenvalue weighted by Gasteiger charge is 2.61. The molecule has 16 nitrogen and oxygen atoms in total. The molecule has 64 heavy (non-hydrogen) atoms. The van der Waals surface area contributed by atoms with E-state index in [0.717, 1.165) is 10.8 Å². The van der Waals surface area contributed by atoms with Crippen LogP contribution in [-0.2, 0) is 19.1 Å². The summed E-state index contributed by atoms with van der Waals surface area (Å²) < 4.78 is 18.0. The smallest absolute Gasteiger partial charge is 0.408 e. The first-order chi connectivity index (χ1) is 30.1. The van der Waals surface area contributed by atoms with Crippen molar-refractivity contribution in [1.29, 1.82) is 0 Å². The first kappa shape index (κ1) is 47.3. The maximum absolute atomic E-state index is 14.9. The molecule has 342 valence electrons. The Morgan fingerprint density at radius 1 is 1.02 bits per heavy atom. The maximum Gasteiger partial charge on any atom is 0.408 e. The van der Waals surface area contributed by atoms with Crippen molar-refractivity contribution in [2.75, 3.05) is 38.0 Å². The number of thiazole rings is 1. The van der Waals surface area contributed by atoms with Gasteiger partial charge in [-0.2, -0.15) is 0 Å². The second-order valence-corrected chi connectivity index (χ2v) is 19.2. The molecule has 2 fully saturated rings. The number of ketones is 1. The topological polar surface area (TPSA) is 202 Å². The summed E-state index contributed by atoms with van der Waals surface area (Å²) in [7, 11) is 5.33. The lowest BCUT2D eigenvalue weighted by Gasteiger charge is -2.35. The van der Waals surface area contributed by atoms with Crippen LogP contribution in [0.25, 0.3) is 22.3 Å². The standard InChI is InChI=1S/C47H59N7O9S/c1-12-28-22-47(28,43(58)59)52-41(56)36-20-31(62-37-21-34(35-24-64-44(50-35)48-26(4)5)49-33-19-30(61-11)17-18-32(33)37)23-54(36)42(57)40(46(6,7)8)51-45(60)63-39(25(2)3)38(55)27-13-15-29(16-14-27)53(9)10/h12-19,21,24-26,28,31,36,39-40H,1,20,22-23H2,2-11H3,(H,48,50)(H,51,60)(H,52,56)(H,58,59)/t28?,31-,36+,39+,40-,47-/m1/s1. The van der Waals surface area contributed by atoms with E-state index in [2.05, 4.69) is 22.5 Å². The first-order valence-corrected chi connectivity index (χ1v) is 22.2. The Hall–Kier alpha value is -6.23. The zero-order valence-corrected chi connectivity index (χ0v) is 38.9. The van der Waals surface area contributed by atoms with Crippen LogP contribution in [0, 0.1) is 17.3 Å². The number of carbonyl (C=O) groups excluding carboxylic acids is 4.